The summed E-state index contributed by atoms with van der Waals surface area (Å²) in [5.74, 6) is -1.18. The summed E-state index contributed by atoms with van der Waals surface area (Å²) in [5, 5.41) is 4.54. The summed E-state index contributed by atoms with van der Waals surface area (Å²) in [6.45, 7) is 1.37. The van der Waals surface area contributed by atoms with Crippen molar-refractivity contribution in [2.24, 2.45) is 0 Å². The van der Waals surface area contributed by atoms with E-state index in [1.54, 1.807) is 55.5 Å². The summed E-state index contributed by atoms with van der Waals surface area (Å²) in [5.41, 5.74) is 1.34. The average Bonchev–Trinajstić information content (AvgIpc) is 2.96. The van der Waals surface area contributed by atoms with Crippen LogP contribution >= 0.6 is 11.6 Å². The average molecular weight is 359 g/mol. The highest BCUT2D eigenvalue weighted by Crippen LogP contribution is 2.25. The van der Waals surface area contributed by atoms with Gasteiger partial charge in [0, 0.05) is 16.1 Å². The third-order valence-corrected chi connectivity index (χ3v) is 3.90. The highest BCUT2D eigenvalue weighted by atomic mass is 35.5. The van der Waals surface area contributed by atoms with Crippen molar-refractivity contribution in [1.29, 1.82) is 0 Å². The predicted octanol–water partition coefficient (Wildman–Crippen LogP) is 3.46. The standard InChI is InChI=1S/C18H15ClN2O4/c1-12(14-9-5-6-10-15(14)19)24-16(22)11-21-18(23)25-17(20-21)13-7-3-2-4-8-13/h2-10,12H,11H2,1H3/t12-/m0/s1. The number of ether oxygens (including phenoxy) is 1. The number of benzene rings is 2. The first kappa shape index (κ1) is 17.0. The third-order valence-electron chi connectivity index (χ3n) is 3.56. The van der Waals surface area contributed by atoms with Gasteiger partial charge in [0.1, 0.15) is 12.6 Å². The zero-order chi connectivity index (χ0) is 17.8. The van der Waals surface area contributed by atoms with Crippen molar-refractivity contribution in [1.82, 2.24) is 9.78 Å². The van der Waals surface area contributed by atoms with Crippen molar-refractivity contribution in [2.45, 2.75) is 19.6 Å². The van der Waals surface area contributed by atoms with E-state index in [1.807, 2.05) is 6.07 Å². The second kappa shape index (κ2) is 7.36. The molecule has 3 rings (SSSR count). The van der Waals surface area contributed by atoms with Crippen LogP contribution in [-0.2, 0) is 16.1 Å². The molecule has 0 N–H and O–H groups in total. The summed E-state index contributed by atoms with van der Waals surface area (Å²) in [7, 11) is 0. The fraction of sp³-hybridized carbons (Fsp3) is 0.167. The van der Waals surface area contributed by atoms with Crippen molar-refractivity contribution < 1.29 is 13.9 Å². The lowest BCUT2D eigenvalue weighted by atomic mass is 10.1. The molecule has 0 saturated heterocycles. The van der Waals surface area contributed by atoms with Crippen molar-refractivity contribution in [2.75, 3.05) is 0 Å². The molecule has 0 fully saturated rings. The maximum Gasteiger partial charge on any atom is 0.437 e. The summed E-state index contributed by atoms with van der Waals surface area (Å²) in [4.78, 5) is 24.0. The van der Waals surface area contributed by atoms with Crippen LogP contribution in [0.25, 0.3) is 11.5 Å². The van der Waals surface area contributed by atoms with Crippen LogP contribution in [0.15, 0.2) is 63.8 Å². The molecule has 6 nitrogen and oxygen atoms in total. The van der Waals surface area contributed by atoms with E-state index in [9.17, 15) is 9.59 Å². The zero-order valence-corrected chi connectivity index (χ0v) is 14.1. The molecule has 0 saturated carbocycles. The maximum absolute atomic E-state index is 12.1. The van der Waals surface area contributed by atoms with Crippen LogP contribution < -0.4 is 5.76 Å². The van der Waals surface area contributed by atoms with Gasteiger partial charge in [0.05, 0.1) is 0 Å². The molecule has 0 aliphatic rings. The third kappa shape index (κ3) is 3.97. The predicted molar refractivity (Wildman–Crippen MR) is 92.2 cm³/mol. The molecule has 2 aromatic carbocycles. The largest absolute Gasteiger partial charge is 0.456 e. The molecule has 7 heteroatoms. The highest BCUT2D eigenvalue weighted by Gasteiger charge is 2.18. The lowest BCUT2D eigenvalue weighted by Gasteiger charge is -2.14. The first-order valence-electron chi connectivity index (χ1n) is 7.62. The Morgan fingerprint density at radius 3 is 2.60 bits per heavy atom. The second-order valence-corrected chi connectivity index (χ2v) is 5.76. The van der Waals surface area contributed by atoms with Gasteiger partial charge in [-0.2, -0.15) is 4.68 Å². The number of rotatable bonds is 5. The van der Waals surface area contributed by atoms with Gasteiger partial charge in [-0.3, -0.25) is 4.79 Å². The molecule has 1 atom stereocenters. The smallest absolute Gasteiger partial charge is 0.437 e. The van der Waals surface area contributed by atoms with Crippen LogP contribution in [-0.4, -0.2) is 15.7 Å². The van der Waals surface area contributed by atoms with E-state index in [2.05, 4.69) is 5.10 Å². The SMILES string of the molecule is C[C@H](OC(=O)Cn1nc(-c2ccccc2)oc1=O)c1ccccc1Cl. The lowest BCUT2D eigenvalue weighted by molar-refractivity contribution is -0.149. The first-order chi connectivity index (χ1) is 12.0. The molecule has 1 heterocycles. The van der Waals surface area contributed by atoms with Crippen LogP contribution in [0.3, 0.4) is 0 Å². The van der Waals surface area contributed by atoms with Crippen molar-refractivity contribution in [3.63, 3.8) is 0 Å². The van der Waals surface area contributed by atoms with Gasteiger partial charge in [0.2, 0.25) is 5.89 Å². The van der Waals surface area contributed by atoms with Crippen LogP contribution in [0.1, 0.15) is 18.6 Å². The molecular formula is C18H15ClN2O4. The van der Waals surface area contributed by atoms with Gasteiger partial charge in [0.15, 0.2) is 0 Å². The van der Waals surface area contributed by atoms with Crippen LogP contribution in [0, 0.1) is 0 Å². The molecule has 25 heavy (non-hydrogen) atoms. The number of halogens is 1. The van der Waals surface area contributed by atoms with E-state index in [4.69, 9.17) is 20.8 Å². The molecule has 3 aromatic rings. The van der Waals surface area contributed by atoms with Crippen LogP contribution in [0.4, 0.5) is 0 Å². The molecule has 0 spiro atoms. The second-order valence-electron chi connectivity index (χ2n) is 5.35. The van der Waals surface area contributed by atoms with Crippen molar-refractivity contribution in [3.8, 4) is 11.5 Å². The van der Waals surface area contributed by atoms with Gasteiger partial charge in [-0.25, -0.2) is 4.79 Å². The molecule has 0 radical (unpaired) electrons. The van der Waals surface area contributed by atoms with E-state index >= 15 is 0 Å². The first-order valence-corrected chi connectivity index (χ1v) is 7.99. The van der Waals surface area contributed by atoms with Gasteiger partial charge in [-0.15, -0.1) is 5.10 Å². The van der Waals surface area contributed by atoms with Gasteiger partial charge in [-0.05, 0) is 25.1 Å². The summed E-state index contributed by atoms with van der Waals surface area (Å²) in [6.07, 6.45) is -0.544. The molecule has 128 valence electrons. The molecule has 0 bridgehead atoms. The van der Waals surface area contributed by atoms with Gasteiger partial charge >= 0.3 is 11.7 Å². The van der Waals surface area contributed by atoms with Gasteiger partial charge < -0.3 is 9.15 Å². The fourth-order valence-electron chi connectivity index (χ4n) is 2.33. The minimum atomic E-state index is -0.721. The number of hydrogen-bond acceptors (Lipinski definition) is 5. The summed E-state index contributed by atoms with van der Waals surface area (Å²) >= 11 is 6.09. The van der Waals surface area contributed by atoms with Crippen molar-refractivity contribution in [3.05, 3.63) is 75.7 Å². The Morgan fingerprint density at radius 1 is 1.20 bits per heavy atom. The minimum absolute atomic E-state index is 0.151. The van der Waals surface area contributed by atoms with Gasteiger partial charge in [-0.1, -0.05) is 48.0 Å². The normalized spacial score (nSPS) is 11.9. The monoisotopic (exact) mass is 358 g/mol. The Balaban J connectivity index is 1.70. The highest BCUT2D eigenvalue weighted by molar-refractivity contribution is 6.31. The van der Waals surface area contributed by atoms with E-state index in [0.29, 0.717) is 16.1 Å². The lowest BCUT2D eigenvalue weighted by Crippen LogP contribution is -2.23. The van der Waals surface area contributed by atoms with Crippen LogP contribution in [0.2, 0.25) is 5.02 Å². The Kier molecular flexibility index (Phi) is 5.00. The number of nitrogens with zero attached hydrogens (tertiary/aromatic N) is 2. The van der Waals surface area contributed by atoms with Gasteiger partial charge in [0.25, 0.3) is 0 Å². The van der Waals surface area contributed by atoms with E-state index in [1.165, 1.54) is 0 Å². The molecule has 0 aliphatic carbocycles. The topological polar surface area (TPSA) is 74.3 Å². The Labute approximate surface area is 148 Å². The van der Waals surface area contributed by atoms with E-state index in [0.717, 1.165) is 4.68 Å². The maximum atomic E-state index is 12.1. The van der Waals surface area contributed by atoms with E-state index in [-0.39, 0.29) is 12.4 Å². The Bertz CT molecular complexity index is 934. The van der Waals surface area contributed by atoms with Crippen LogP contribution in [0.5, 0.6) is 0 Å². The molecule has 0 unspecified atom stereocenters. The minimum Gasteiger partial charge on any atom is -0.456 e. The summed E-state index contributed by atoms with van der Waals surface area (Å²) < 4.78 is 11.3. The number of esters is 1. The summed E-state index contributed by atoms with van der Waals surface area (Å²) in [6, 6.07) is 16.0. The number of carbonyl (C=O) groups excluding carboxylic acids is 1. The Hall–Kier alpha value is -2.86. The van der Waals surface area contributed by atoms with E-state index < -0.39 is 17.8 Å². The molecule has 1 aromatic heterocycles. The fourth-order valence-corrected chi connectivity index (χ4v) is 2.62. The molecule has 0 amide bonds. The zero-order valence-electron chi connectivity index (χ0n) is 13.4. The van der Waals surface area contributed by atoms with Crippen molar-refractivity contribution >= 4 is 17.6 Å². The number of aromatic nitrogens is 2. The molecule has 0 aliphatic heterocycles. The quantitative estimate of drug-likeness (QED) is 0.653. The number of carbonyl (C=O) groups is 1. The Morgan fingerprint density at radius 2 is 1.88 bits per heavy atom. The molecular weight excluding hydrogens is 344 g/mol. The number of hydrogen-bond donors (Lipinski definition) is 0.